The number of ether oxygens (including phenoxy) is 2. The van der Waals surface area contributed by atoms with E-state index >= 15 is 0 Å². The molecule has 0 radical (unpaired) electrons. The van der Waals surface area contributed by atoms with E-state index in [0.717, 1.165) is 36.9 Å². The molecule has 0 aliphatic heterocycles. The quantitative estimate of drug-likeness (QED) is 0.559. The van der Waals surface area contributed by atoms with Gasteiger partial charge in [-0.1, -0.05) is 6.07 Å². The van der Waals surface area contributed by atoms with Crippen molar-refractivity contribution in [2.45, 2.75) is 38.3 Å². The standard InChI is InChI=1S/C24H25N3O4/c1-30-21-11-10-18(14-22(21)31-19-7-2-3-8-19)27(16-17-6-4-12-25-15-17)23-20(24(28)29)9-5-13-26-23/h4-6,9-15,19H,2-3,7-8,16H2,1H3,(H,28,29). The van der Waals surface area contributed by atoms with Crippen molar-refractivity contribution in [1.29, 1.82) is 0 Å². The predicted octanol–water partition coefficient (Wildman–Crippen LogP) is 4.84. The molecule has 7 nitrogen and oxygen atoms in total. The van der Waals surface area contributed by atoms with Gasteiger partial charge in [-0.15, -0.1) is 0 Å². The maximum Gasteiger partial charge on any atom is 0.339 e. The molecule has 0 saturated heterocycles. The number of benzene rings is 1. The number of aromatic carboxylic acids is 1. The van der Waals surface area contributed by atoms with Gasteiger partial charge in [0.15, 0.2) is 11.5 Å². The Hall–Kier alpha value is -3.61. The van der Waals surface area contributed by atoms with E-state index in [1.165, 1.54) is 0 Å². The summed E-state index contributed by atoms with van der Waals surface area (Å²) in [6.07, 6.45) is 9.60. The van der Waals surface area contributed by atoms with Gasteiger partial charge in [0, 0.05) is 30.3 Å². The lowest BCUT2D eigenvalue weighted by molar-refractivity contribution is 0.0697. The first-order valence-electron chi connectivity index (χ1n) is 10.3. The SMILES string of the molecule is COc1ccc(N(Cc2cccnc2)c2ncccc2C(=O)O)cc1OC1CCCC1. The highest BCUT2D eigenvalue weighted by Gasteiger charge is 2.23. The third-order valence-corrected chi connectivity index (χ3v) is 5.39. The molecule has 160 valence electrons. The number of aromatic nitrogens is 2. The average molecular weight is 419 g/mol. The number of carboxylic acid groups (broad SMARTS) is 1. The lowest BCUT2D eigenvalue weighted by Gasteiger charge is -2.26. The van der Waals surface area contributed by atoms with Crippen LogP contribution in [0.5, 0.6) is 11.5 Å². The molecule has 1 fully saturated rings. The Kier molecular flexibility index (Phi) is 6.31. The molecule has 0 unspecified atom stereocenters. The van der Waals surface area contributed by atoms with Crippen molar-refractivity contribution in [2.24, 2.45) is 0 Å². The number of rotatable bonds is 8. The lowest BCUT2D eigenvalue weighted by atomic mass is 10.1. The highest BCUT2D eigenvalue weighted by molar-refractivity contribution is 5.94. The van der Waals surface area contributed by atoms with Crippen molar-refractivity contribution in [3.63, 3.8) is 0 Å². The van der Waals surface area contributed by atoms with E-state index in [1.54, 1.807) is 37.8 Å². The molecule has 2 heterocycles. The highest BCUT2D eigenvalue weighted by atomic mass is 16.5. The van der Waals surface area contributed by atoms with Gasteiger partial charge in [-0.3, -0.25) is 4.98 Å². The minimum Gasteiger partial charge on any atom is -0.493 e. The topological polar surface area (TPSA) is 84.8 Å². The van der Waals surface area contributed by atoms with E-state index in [2.05, 4.69) is 9.97 Å². The largest absolute Gasteiger partial charge is 0.493 e. The van der Waals surface area contributed by atoms with Gasteiger partial charge in [0.1, 0.15) is 11.4 Å². The minimum absolute atomic E-state index is 0.125. The summed E-state index contributed by atoms with van der Waals surface area (Å²) in [5, 5.41) is 9.73. The van der Waals surface area contributed by atoms with E-state index in [-0.39, 0.29) is 11.7 Å². The van der Waals surface area contributed by atoms with Gasteiger partial charge in [0.2, 0.25) is 0 Å². The molecule has 31 heavy (non-hydrogen) atoms. The van der Waals surface area contributed by atoms with Crippen LogP contribution in [-0.2, 0) is 6.54 Å². The van der Waals surface area contributed by atoms with Gasteiger partial charge in [-0.25, -0.2) is 9.78 Å². The number of carboxylic acids is 1. The molecule has 0 amide bonds. The Balaban J connectivity index is 1.77. The second-order valence-electron chi connectivity index (χ2n) is 7.49. The molecule has 1 aliphatic rings. The number of nitrogens with zero attached hydrogens (tertiary/aromatic N) is 3. The monoisotopic (exact) mass is 419 g/mol. The zero-order valence-corrected chi connectivity index (χ0v) is 17.4. The van der Waals surface area contributed by atoms with Crippen molar-refractivity contribution >= 4 is 17.5 Å². The summed E-state index contributed by atoms with van der Waals surface area (Å²) in [6.45, 7) is 0.403. The van der Waals surface area contributed by atoms with Crippen LogP contribution in [0.25, 0.3) is 0 Å². The van der Waals surface area contributed by atoms with Crippen molar-refractivity contribution < 1.29 is 19.4 Å². The summed E-state index contributed by atoms with van der Waals surface area (Å²) < 4.78 is 11.8. The normalized spacial score (nSPS) is 13.7. The molecule has 0 bridgehead atoms. The van der Waals surface area contributed by atoms with Crippen LogP contribution in [0.15, 0.2) is 61.1 Å². The number of anilines is 2. The van der Waals surface area contributed by atoms with E-state index < -0.39 is 5.97 Å². The Labute approximate surface area is 181 Å². The molecule has 0 spiro atoms. The van der Waals surface area contributed by atoms with E-state index in [1.807, 2.05) is 35.2 Å². The fraction of sp³-hybridized carbons (Fsp3) is 0.292. The minimum atomic E-state index is -1.03. The summed E-state index contributed by atoms with van der Waals surface area (Å²) in [4.78, 5) is 22.3. The zero-order valence-electron chi connectivity index (χ0n) is 17.4. The summed E-state index contributed by atoms with van der Waals surface area (Å²) in [6, 6.07) is 12.6. The molecule has 1 N–H and O–H groups in total. The lowest BCUT2D eigenvalue weighted by Crippen LogP contribution is -2.21. The van der Waals surface area contributed by atoms with E-state index in [4.69, 9.17) is 9.47 Å². The van der Waals surface area contributed by atoms with Crippen LogP contribution in [0, 0.1) is 0 Å². The molecule has 7 heteroatoms. The van der Waals surface area contributed by atoms with Crippen LogP contribution >= 0.6 is 0 Å². The van der Waals surface area contributed by atoms with Crippen LogP contribution in [0.3, 0.4) is 0 Å². The molecular weight excluding hydrogens is 394 g/mol. The first-order valence-corrected chi connectivity index (χ1v) is 10.3. The van der Waals surface area contributed by atoms with Crippen LogP contribution in [0.2, 0.25) is 0 Å². The first-order chi connectivity index (χ1) is 15.2. The third kappa shape index (κ3) is 4.77. The molecule has 1 saturated carbocycles. The third-order valence-electron chi connectivity index (χ3n) is 5.39. The summed E-state index contributed by atoms with van der Waals surface area (Å²) in [5.74, 6) is 0.624. The summed E-state index contributed by atoms with van der Waals surface area (Å²) >= 11 is 0. The van der Waals surface area contributed by atoms with E-state index in [0.29, 0.717) is 23.9 Å². The molecule has 1 aromatic carbocycles. The highest BCUT2D eigenvalue weighted by Crippen LogP contribution is 2.38. The van der Waals surface area contributed by atoms with Gasteiger partial charge in [0.25, 0.3) is 0 Å². The van der Waals surface area contributed by atoms with E-state index in [9.17, 15) is 9.90 Å². The van der Waals surface area contributed by atoms with Crippen LogP contribution in [-0.4, -0.2) is 34.3 Å². The Bertz CT molecular complexity index is 1040. The molecule has 1 aliphatic carbocycles. The van der Waals surface area contributed by atoms with Crippen molar-refractivity contribution in [3.8, 4) is 11.5 Å². The summed E-state index contributed by atoms with van der Waals surface area (Å²) in [5.41, 5.74) is 1.82. The van der Waals surface area contributed by atoms with Crippen LogP contribution in [0.1, 0.15) is 41.6 Å². The van der Waals surface area contributed by atoms with Crippen LogP contribution < -0.4 is 14.4 Å². The van der Waals surface area contributed by atoms with Crippen molar-refractivity contribution in [1.82, 2.24) is 9.97 Å². The Morgan fingerprint density at radius 1 is 1.13 bits per heavy atom. The van der Waals surface area contributed by atoms with Gasteiger partial charge < -0.3 is 19.5 Å². The number of carbonyl (C=O) groups is 1. The average Bonchev–Trinajstić information content (AvgIpc) is 3.31. The Morgan fingerprint density at radius 2 is 1.94 bits per heavy atom. The molecule has 3 aromatic rings. The number of pyridine rings is 2. The summed E-state index contributed by atoms with van der Waals surface area (Å²) in [7, 11) is 1.62. The fourth-order valence-corrected chi connectivity index (χ4v) is 3.85. The number of hydrogen-bond acceptors (Lipinski definition) is 6. The van der Waals surface area contributed by atoms with Crippen molar-refractivity contribution in [2.75, 3.05) is 12.0 Å². The second-order valence-corrected chi connectivity index (χ2v) is 7.49. The predicted molar refractivity (Wildman–Crippen MR) is 117 cm³/mol. The smallest absolute Gasteiger partial charge is 0.339 e. The number of hydrogen-bond donors (Lipinski definition) is 1. The molecule has 0 atom stereocenters. The van der Waals surface area contributed by atoms with Gasteiger partial charge >= 0.3 is 5.97 Å². The first kappa shape index (κ1) is 20.7. The van der Waals surface area contributed by atoms with Crippen LogP contribution in [0.4, 0.5) is 11.5 Å². The maximum atomic E-state index is 11.9. The second kappa shape index (κ2) is 9.47. The molecular formula is C24H25N3O4. The maximum absolute atomic E-state index is 11.9. The molecule has 2 aromatic heterocycles. The molecule has 4 rings (SSSR count). The van der Waals surface area contributed by atoms with Gasteiger partial charge in [0.05, 0.1) is 19.8 Å². The van der Waals surface area contributed by atoms with Gasteiger partial charge in [-0.05, 0) is 61.6 Å². The van der Waals surface area contributed by atoms with Gasteiger partial charge in [-0.2, -0.15) is 0 Å². The Morgan fingerprint density at radius 3 is 2.65 bits per heavy atom. The number of methoxy groups -OCH3 is 1. The zero-order chi connectivity index (χ0) is 21.6. The fourth-order valence-electron chi connectivity index (χ4n) is 3.85. The van der Waals surface area contributed by atoms with Crippen molar-refractivity contribution in [3.05, 3.63) is 72.2 Å².